The number of carbonyl (C=O) groups is 1. The Kier molecular flexibility index (Phi) is 6.09. The molecule has 3 rings (SSSR count). The van der Waals surface area contributed by atoms with Crippen molar-refractivity contribution in [2.75, 3.05) is 7.05 Å². The Labute approximate surface area is 170 Å². The first kappa shape index (κ1) is 21.4. The number of nitrogens with zero attached hydrogens (tertiary/aromatic N) is 2. The molecule has 9 heteroatoms. The number of guanidine groups is 1. The minimum Gasteiger partial charge on any atom is -0.435 e. The van der Waals surface area contributed by atoms with Gasteiger partial charge in [-0.1, -0.05) is 42.5 Å². The summed E-state index contributed by atoms with van der Waals surface area (Å²) in [4.78, 5) is 18.8. The summed E-state index contributed by atoms with van der Waals surface area (Å²) in [5.74, 6) is -0.508. The number of ether oxygens (including phenoxy) is 1. The van der Waals surface area contributed by atoms with Crippen LogP contribution in [0.3, 0.4) is 0 Å². The van der Waals surface area contributed by atoms with Crippen LogP contribution in [0.4, 0.5) is 17.6 Å². The number of benzene rings is 2. The van der Waals surface area contributed by atoms with Gasteiger partial charge in [0.05, 0.1) is 0 Å². The van der Waals surface area contributed by atoms with E-state index in [-0.39, 0.29) is 11.7 Å². The highest BCUT2D eigenvalue weighted by Crippen LogP contribution is 2.40. The fourth-order valence-corrected chi connectivity index (χ4v) is 3.24. The van der Waals surface area contributed by atoms with E-state index in [9.17, 15) is 22.4 Å². The van der Waals surface area contributed by atoms with Crippen LogP contribution in [0.25, 0.3) is 6.08 Å². The van der Waals surface area contributed by atoms with Gasteiger partial charge in [-0.3, -0.25) is 9.69 Å². The van der Waals surface area contributed by atoms with Crippen molar-refractivity contribution < 1.29 is 27.1 Å². The third-order valence-electron chi connectivity index (χ3n) is 4.67. The van der Waals surface area contributed by atoms with Crippen molar-refractivity contribution in [3.63, 3.8) is 0 Å². The van der Waals surface area contributed by atoms with Gasteiger partial charge < -0.3 is 10.5 Å². The number of amides is 1. The molecule has 158 valence electrons. The number of hydrogen-bond acceptors (Lipinski definition) is 4. The predicted molar refractivity (Wildman–Crippen MR) is 104 cm³/mol. The molecule has 2 aromatic carbocycles. The molecule has 0 aromatic heterocycles. The fraction of sp³-hybridized carbons (Fsp3) is 0.238. The minimum atomic E-state index is -2.98. The number of rotatable bonds is 7. The third-order valence-corrected chi connectivity index (χ3v) is 4.67. The first-order valence-electron chi connectivity index (χ1n) is 8.98. The van der Waals surface area contributed by atoms with Crippen LogP contribution in [0, 0.1) is 0 Å². The molecule has 30 heavy (non-hydrogen) atoms. The van der Waals surface area contributed by atoms with Gasteiger partial charge in [-0.2, -0.15) is 8.78 Å². The van der Waals surface area contributed by atoms with Crippen LogP contribution in [0.1, 0.15) is 23.1 Å². The number of aliphatic imine (C=N–C) groups is 1. The Morgan fingerprint density at radius 2 is 1.83 bits per heavy atom. The quantitative estimate of drug-likeness (QED) is 0.688. The van der Waals surface area contributed by atoms with E-state index in [0.717, 1.165) is 0 Å². The molecule has 1 amide bonds. The molecule has 0 fully saturated rings. The number of halogens is 4. The van der Waals surface area contributed by atoms with Crippen LogP contribution in [0.2, 0.25) is 0 Å². The molecule has 2 N–H and O–H groups in total. The zero-order chi connectivity index (χ0) is 21.9. The van der Waals surface area contributed by atoms with E-state index < -0.39 is 30.9 Å². The highest BCUT2D eigenvalue weighted by Gasteiger charge is 2.49. The van der Waals surface area contributed by atoms with Gasteiger partial charge in [0, 0.05) is 13.5 Å². The van der Waals surface area contributed by atoms with Crippen molar-refractivity contribution in [1.29, 1.82) is 0 Å². The lowest BCUT2D eigenvalue weighted by Crippen LogP contribution is -2.41. The van der Waals surface area contributed by atoms with Crippen LogP contribution in [-0.4, -0.2) is 36.9 Å². The number of allylic oxidation sites excluding steroid dienone is 1. The minimum absolute atomic E-state index is 0.00782. The molecule has 1 heterocycles. The lowest BCUT2D eigenvalue weighted by molar-refractivity contribution is -0.129. The summed E-state index contributed by atoms with van der Waals surface area (Å²) in [5, 5.41) is 0. The van der Waals surface area contributed by atoms with Crippen LogP contribution in [0.15, 0.2) is 59.6 Å². The van der Waals surface area contributed by atoms with Gasteiger partial charge in [-0.25, -0.2) is 13.8 Å². The van der Waals surface area contributed by atoms with E-state index in [1.165, 1.54) is 48.4 Å². The Hall–Kier alpha value is -3.36. The van der Waals surface area contributed by atoms with E-state index in [2.05, 4.69) is 9.73 Å². The lowest BCUT2D eigenvalue weighted by Gasteiger charge is -2.26. The lowest BCUT2D eigenvalue weighted by atomic mass is 9.82. The van der Waals surface area contributed by atoms with Gasteiger partial charge in [-0.15, -0.1) is 0 Å². The van der Waals surface area contributed by atoms with Gasteiger partial charge in [0.2, 0.25) is 6.43 Å². The first-order chi connectivity index (χ1) is 14.2. The number of nitrogens with two attached hydrogens (primary N) is 1. The summed E-state index contributed by atoms with van der Waals surface area (Å²) in [5.41, 5.74) is 5.82. The molecule has 1 atom stereocenters. The summed E-state index contributed by atoms with van der Waals surface area (Å²) in [7, 11) is 1.48. The Morgan fingerprint density at radius 1 is 1.13 bits per heavy atom. The van der Waals surface area contributed by atoms with Crippen molar-refractivity contribution >= 4 is 17.9 Å². The Balaban J connectivity index is 2.07. The summed E-state index contributed by atoms with van der Waals surface area (Å²) >= 11 is 0. The molecule has 0 saturated carbocycles. The van der Waals surface area contributed by atoms with Crippen LogP contribution in [-0.2, 0) is 10.3 Å². The van der Waals surface area contributed by atoms with Crippen molar-refractivity contribution in [2.45, 2.75) is 25.0 Å². The maximum absolute atomic E-state index is 13.2. The molecule has 1 aliphatic rings. The van der Waals surface area contributed by atoms with Gasteiger partial charge >= 0.3 is 6.61 Å². The highest BCUT2D eigenvalue weighted by molar-refractivity contribution is 6.09. The molecule has 0 radical (unpaired) electrons. The SMILES string of the molecule is CN1C(=O)C(c2ccc(OC(F)F)cc2)(c2cccc(/C=C/CC(F)F)c2)N=C1N. The van der Waals surface area contributed by atoms with Gasteiger partial charge in [0.15, 0.2) is 11.5 Å². The van der Waals surface area contributed by atoms with E-state index in [0.29, 0.717) is 16.7 Å². The summed E-state index contributed by atoms with van der Waals surface area (Å²) < 4.78 is 54.1. The maximum Gasteiger partial charge on any atom is 0.387 e. The van der Waals surface area contributed by atoms with E-state index in [1.807, 2.05) is 0 Å². The van der Waals surface area contributed by atoms with Crippen LogP contribution >= 0.6 is 0 Å². The summed E-state index contributed by atoms with van der Waals surface area (Å²) in [6.07, 6.45) is 0.0132. The monoisotopic (exact) mass is 421 g/mol. The second-order valence-corrected chi connectivity index (χ2v) is 6.60. The molecular weight excluding hydrogens is 402 g/mol. The molecular formula is C21H19F4N3O2. The highest BCUT2D eigenvalue weighted by atomic mass is 19.3. The van der Waals surface area contributed by atoms with Gasteiger partial charge in [0.1, 0.15) is 5.75 Å². The molecule has 0 saturated heterocycles. The smallest absolute Gasteiger partial charge is 0.387 e. The molecule has 1 aliphatic heterocycles. The summed E-state index contributed by atoms with van der Waals surface area (Å²) in [6.45, 7) is -2.98. The van der Waals surface area contributed by atoms with Crippen molar-refractivity contribution in [1.82, 2.24) is 4.90 Å². The van der Waals surface area contributed by atoms with Crippen molar-refractivity contribution in [3.8, 4) is 5.75 Å². The summed E-state index contributed by atoms with van der Waals surface area (Å²) in [6, 6.07) is 12.2. The maximum atomic E-state index is 13.2. The average molecular weight is 421 g/mol. The van der Waals surface area contributed by atoms with E-state index >= 15 is 0 Å². The molecule has 5 nitrogen and oxygen atoms in total. The van der Waals surface area contributed by atoms with Crippen LogP contribution in [0.5, 0.6) is 5.75 Å². The number of alkyl halides is 4. The molecule has 0 aliphatic carbocycles. The Morgan fingerprint density at radius 3 is 2.40 bits per heavy atom. The van der Waals surface area contributed by atoms with Crippen LogP contribution < -0.4 is 10.5 Å². The van der Waals surface area contributed by atoms with Gasteiger partial charge in [0.25, 0.3) is 5.91 Å². The number of likely N-dealkylation sites (N-methyl/N-ethyl adjacent to an activating group) is 1. The average Bonchev–Trinajstić information content (AvgIpc) is 2.93. The van der Waals surface area contributed by atoms with E-state index in [4.69, 9.17) is 5.73 Å². The van der Waals surface area contributed by atoms with E-state index in [1.54, 1.807) is 24.3 Å². The largest absolute Gasteiger partial charge is 0.435 e. The second kappa shape index (κ2) is 8.56. The first-order valence-corrected chi connectivity index (χ1v) is 8.98. The van der Waals surface area contributed by atoms with Crippen molar-refractivity contribution in [3.05, 3.63) is 71.3 Å². The predicted octanol–water partition coefficient (Wildman–Crippen LogP) is 3.99. The zero-order valence-electron chi connectivity index (χ0n) is 15.9. The van der Waals surface area contributed by atoms with Crippen molar-refractivity contribution in [2.24, 2.45) is 10.7 Å². The Bertz CT molecular complexity index is 976. The number of hydrogen-bond donors (Lipinski definition) is 1. The molecule has 1 unspecified atom stereocenters. The molecule has 0 spiro atoms. The molecule has 2 aromatic rings. The van der Waals surface area contributed by atoms with Gasteiger partial charge in [-0.05, 0) is 34.9 Å². The third kappa shape index (κ3) is 4.14. The standard InChI is InChI=1S/C21H19F4N3O2/c1-28-18(29)21(27-20(28)26,14-8-10-16(11-9-14)30-19(24)25)15-6-2-4-13(12-15)5-3-7-17(22)23/h2-6,8-12,17,19H,7H2,1H3,(H2,26,27)/b5-3+. The number of carbonyl (C=O) groups excluding carboxylic acids is 1. The zero-order valence-corrected chi connectivity index (χ0v) is 15.9. The normalized spacial score (nSPS) is 19.2. The topological polar surface area (TPSA) is 67.9 Å². The fourth-order valence-electron chi connectivity index (χ4n) is 3.24. The molecule has 0 bridgehead atoms. The second-order valence-electron chi connectivity index (χ2n) is 6.60.